The van der Waals surface area contributed by atoms with Crippen molar-refractivity contribution in [1.29, 1.82) is 0 Å². The van der Waals surface area contributed by atoms with Gasteiger partial charge in [-0.25, -0.2) is 0 Å². The van der Waals surface area contributed by atoms with Gasteiger partial charge in [-0.15, -0.1) is 11.3 Å². The molecule has 1 aromatic rings. The SMILES string of the molecule is NCC(NCCO)c1cc(Br)cs1. The Morgan fingerprint density at radius 2 is 2.46 bits per heavy atom. The van der Waals surface area contributed by atoms with Gasteiger partial charge in [0.15, 0.2) is 0 Å². The van der Waals surface area contributed by atoms with Gasteiger partial charge in [0.2, 0.25) is 0 Å². The molecule has 0 saturated heterocycles. The van der Waals surface area contributed by atoms with Gasteiger partial charge < -0.3 is 16.2 Å². The van der Waals surface area contributed by atoms with Gasteiger partial charge in [0, 0.05) is 27.8 Å². The maximum Gasteiger partial charge on any atom is 0.0556 e. The fraction of sp³-hybridized carbons (Fsp3) is 0.500. The first-order valence-electron chi connectivity index (χ1n) is 4.06. The van der Waals surface area contributed by atoms with E-state index in [1.165, 1.54) is 4.88 Å². The minimum atomic E-state index is 0.142. The van der Waals surface area contributed by atoms with Crippen molar-refractivity contribution in [2.24, 2.45) is 5.73 Å². The number of halogens is 1. The Balaban J connectivity index is 2.56. The molecule has 1 aromatic heterocycles. The molecule has 74 valence electrons. The third kappa shape index (κ3) is 3.36. The van der Waals surface area contributed by atoms with Gasteiger partial charge in [0.05, 0.1) is 12.6 Å². The van der Waals surface area contributed by atoms with E-state index in [0.717, 1.165) is 4.47 Å². The summed E-state index contributed by atoms with van der Waals surface area (Å²) in [5.41, 5.74) is 5.60. The molecule has 0 aromatic carbocycles. The molecule has 0 spiro atoms. The monoisotopic (exact) mass is 264 g/mol. The number of aliphatic hydroxyl groups is 1. The second-order valence-electron chi connectivity index (χ2n) is 2.63. The molecule has 1 atom stereocenters. The predicted octanol–water partition coefficient (Wildman–Crippen LogP) is 1.09. The van der Waals surface area contributed by atoms with E-state index in [4.69, 9.17) is 10.8 Å². The second kappa shape index (κ2) is 5.72. The lowest BCUT2D eigenvalue weighted by atomic mass is 10.2. The highest BCUT2D eigenvalue weighted by molar-refractivity contribution is 9.10. The first-order chi connectivity index (χ1) is 6.27. The Labute approximate surface area is 90.1 Å². The summed E-state index contributed by atoms with van der Waals surface area (Å²) >= 11 is 5.05. The number of rotatable bonds is 5. The second-order valence-corrected chi connectivity index (χ2v) is 4.49. The van der Waals surface area contributed by atoms with Crippen LogP contribution in [0.3, 0.4) is 0 Å². The van der Waals surface area contributed by atoms with Gasteiger partial charge in [-0.1, -0.05) is 0 Å². The predicted molar refractivity (Wildman–Crippen MR) is 58.9 cm³/mol. The standard InChI is InChI=1S/C8H13BrN2OS/c9-6-3-8(13-5-6)7(4-10)11-1-2-12/h3,5,7,11-12H,1-2,4,10H2. The molecule has 0 saturated carbocycles. The smallest absolute Gasteiger partial charge is 0.0556 e. The molecule has 1 rings (SSSR count). The van der Waals surface area contributed by atoms with E-state index >= 15 is 0 Å². The van der Waals surface area contributed by atoms with Crippen LogP contribution in [0, 0.1) is 0 Å². The quantitative estimate of drug-likeness (QED) is 0.747. The molecule has 0 bridgehead atoms. The summed E-state index contributed by atoms with van der Waals surface area (Å²) in [4.78, 5) is 1.20. The average Bonchev–Trinajstić information content (AvgIpc) is 2.54. The summed E-state index contributed by atoms with van der Waals surface area (Å²) in [6.07, 6.45) is 0. The lowest BCUT2D eigenvalue weighted by Gasteiger charge is -2.13. The van der Waals surface area contributed by atoms with E-state index in [1.807, 2.05) is 11.4 Å². The number of nitrogens with two attached hydrogens (primary N) is 1. The largest absolute Gasteiger partial charge is 0.395 e. The minimum Gasteiger partial charge on any atom is -0.395 e. The zero-order valence-corrected chi connectivity index (χ0v) is 9.57. The highest BCUT2D eigenvalue weighted by atomic mass is 79.9. The van der Waals surface area contributed by atoms with Crippen LogP contribution in [0.4, 0.5) is 0 Å². The molecule has 5 heteroatoms. The Bertz CT molecular complexity index is 254. The van der Waals surface area contributed by atoms with Gasteiger partial charge in [-0.05, 0) is 22.0 Å². The molecule has 0 radical (unpaired) electrons. The van der Waals surface area contributed by atoms with Crippen molar-refractivity contribution in [2.45, 2.75) is 6.04 Å². The summed E-state index contributed by atoms with van der Waals surface area (Å²) in [6.45, 7) is 1.27. The van der Waals surface area contributed by atoms with Crippen molar-refractivity contribution in [3.8, 4) is 0 Å². The number of nitrogens with one attached hydrogen (secondary N) is 1. The molecule has 3 nitrogen and oxygen atoms in total. The van der Waals surface area contributed by atoms with E-state index in [9.17, 15) is 0 Å². The maximum atomic E-state index is 8.65. The van der Waals surface area contributed by atoms with Crippen LogP contribution >= 0.6 is 27.3 Å². The van der Waals surface area contributed by atoms with Gasteiger partial charge in [0.25, 0.3) is 0 Å². The molecular formula is C8H13BrN2OS. The normalized spacial score (nSPS) is 13.2. The summed E-state index contributed by atoms with van der Waals surface area (Å²) < 4.78 is 1.08. The van der Waals surface area contributed by atoms with Crippen LogP contribution in [0.5, 0.6) is 0 Å². The highest BCUT2D eigenvalue weighted by Gasteiger charge is 2.10. The van der Waals surface area contributed by atoms with Crippen LogP contribution in [0.2, 0.25) is 0 Å². The van der Waals surface area contributed by atoms with E-state index in [0.29, 0.717) is 13.1 Å². The lowest BCUT2D eigenvalue weighted by molar-refractivity contribution is 0.285. The van der Waals surface area contributed by atoms with Crippen molar-refractivity contribution >= 4 is 27.3 Å². The third-order valence-electron chi connectivity index (χ3n) is 1.67. The number of hydrogen-bond acceptors (Lipinski definition) is 4. The van der Waals surface area contributed by atoms with Crippen LogP contribution in [-0.4, -0.2) is 24.8 Å². The average molecular weight is 265 g/mol. The number of hydrogen-bond donors (Lipinski definition) is 3. The summed E-state index contributed by atoms with van der Waals surface area (Å²) in [5.74, 6) is 0. The highest BCUT2D eigenvalue weighted by Crippen LogP contribution is 2.24. The Morgan fingerprint density at radius 1 is 1.69 bits per heavy atom. The molecular weight excluding hydrogens is 252 g/mol. The van der Waals surface area contributed by atoms with Crippen LogP contribution in [0.1, 0.15) is 10.9 Å². The minimum absolute atomic E-state index is 0.142. The Morgan fingerprint density at radius 3 is 2.92 bits per heavy atom. The zero-order chi connectivity index (χ0) is 9.68. The molecule has 1 unspecified atom stereocenters. The molecule has 0 aliphatic rings. The summed E-state index contributed by atoms with van der Waals surface area (Å²) in [7, 11) is 0. The maximum absolute atomic E-state index is 8.65. The van der Waals surface area contributed by atoms with Crippen molar-refractivity contribution in [3.05, 3.63) is 20.8 Å². The van der Waals surface area contributed by atoms with Gasteiger partial charge in [-0.2, -0.15) is 0 Å². The van der Waals surface area contributed by atoms with Crippen LogP contribution in [0.25, 0.3) is 0 Å². The molecule has 0 aliphatic carbocycles. The molecule has 0 aliphatic heterocycles. The molecule has 0 fully saturated rings. The molecule has 0 amide bonds. The summed E-state index contributed by atoms with van der Waals surface area (Å²) in [5, 5.41) is 13.8. The van der Waals surface area contributed by atoms with Crippen LogP contribution < -0.4 is 11.1 Å². The number of aliphatic hydroxyl groups excluding tert-OH is 1. The molecule has 4 N–H and O–H groups in total. The third-order valence-corrected chi connectivity index (χ3v) is 3.48. The van der Waals surface area contributed by atoms with Crippen molar-refractivity contribution < 1.29 is 5.11 Å². The van der Waals surface area contributed by atoms with Crippen LogP contribution in [0.15, 0.2) is 15.9 Å². The lowest BCUT2D eigenvalue weighted by Crippen LogP contribution is -2.29. The Hall–Kier alpha value is 0.0600. The Kier molecular flexibility index (Phi) is 4.90. The van der Waals surface area contributed by atoms with Gasteiger partial charge >= 0.3 is 0 Å². The fourth-order valence-corrected chi connectivity index (χ4v) is 2.58. The molecule has 1 heterocycles. The first-order valence-corrected chi connectivity index (χ1v) is 5.73. The van der Waals surface area contributed by atoms with Crippen LogP contribution in [-0.2, 0) is 0 Å². The molecule has 13 heavy (non-hydrogen) atoms. The van der Waals surface area contributed by atoms with Crippen molar-refractivity contribution in [3.63, 3.8) is 0 Å². The van der Waals surface area contributed by atoms with E-state index < -0.39 is 0 Å². The number of thiophene rings is 1. The van der Waals surface area contributed by atoms with E-state index in [1.54, 1.807) is 11.3 Å². The van der Waals surface area contributed by atoms with Crippen molar-refractivity contribution in [1.82, 2.24) is 5.32 Å². The topological polar surface area (TPSA) is 58.3 Å². The fourth-order valence-electron chi connectivity index (χ4n) is 1.05. The van der Waals surface area contributed by atoms with Crippen molar-refractivity contribution in [2.75, 3.05) is 19.7 Å². The first kappa shape index (κ1) is 11.1. The van der Waals surface area contributed by atoms with Gasteiger partial charge in [0.1, 0.15) is 0 Å². The zero-order valence-electron chi connectivity index (χ0n) is 7.16. The van der Waals surface area contributed by atoms with E-state index in [-0.39, 0.29) is 12.6 Å². The summed E-state index contributed by atoms with van der Waals surface area (Å²) in [6, 6.07) is 2.20. The van der Waals surface area contributed by atoms with E-state index in [2.05, 4.69) is 21.2 Å². The van der Waals surface area contributed by atoms with Gasteiger partial charge in [-0.3, -0.25) is 0 Å².